The summed E-state index contributed by atoms with van der Waals surface area (Å²) in [5, 5.41) is 18.9. The maximum atomic E-state index is 11.8. The van der Waals surface area contributed by atoms with Crippen LogP contribution in [0.15, 0.2) is 5.16 Å². The Labute approximate surface area is 124 Å². The fourth-order valence-electron chi connectivity index (χ4n) is 1.60. The molecular weight excluding hydrogens is 300 g/mol. The third kappa shape index (κ3) is 3.02. The monoisotopic (exact) mass is 314 g/mol. The van der Waals surface area contributed by atoms with E-state index in [1.54, 1.807) is 0 Å². The zero-order valence-electron chi connectivity index (χ0n) is 12.3. The van der Waals surface area contributed by atoms with Crippen molar-refractivity contribution in [3.05, 3.63) is 11.4 Å². The molecule has 1 unspecified atom stereocenters. The second-order valence-electron chi connectivity index (χ2n) is 3.87. The average molecular weight is 314 g/mol. The van der Waals surface area contributed by atoms with Crippen LogP contribution in [-0.2, 0) is 19.0 Å². The smallest absolute Gasteiger partial charge is 0.361 e. The minimum Gasteiger partial charge on any atom is -0.464 e. The van der Waals surface area contributed by atoms with Crippen LogP contribution in [0.3, 0.4) is 0 Å². The number of esters is 3. The van der Waals surface area contributed by atoms with Gasteiger partial charge in [-0.3, -0.25) is 0 Å². The molecule has 0 saturated carbocycles. The Kier molecular flexibility index (Phi) is 5.55. The second kappa shape index (κ2) is 7.15. The number of carbonyl (C=O) groups excluding carboxylic acids is 3. The molecule has 1 heterocycles. The van der Waals surface area contributed by atoms with Gasteiger partial charge in [0.1, 0.15) is 6.04 Å². The Morgan fingerprint density at radius 3 is 2.18 bits per heavy atom. The van der Waals surface area contributed by atoms with Gasteiger partial charge in [-0.2, -0.15) is 0 Å². The first-order valence-corrected chi connectivity index (χ1v) is 5.84. The van der Waals surface area contributed by atoms with Crippen molar-refractivity contribution >= 4 is 23.6 Å². The highest BCUT2D eigenvalue weighted by Crippen LogP contribution is 2.16. The molecule has 120 valence electrons. The molecule has 1 aromatic rings. The topological polar surface area (TPSA) is 142 Å². The van der Waals surface area contributed by atoms with Gasteiger partial charge in [-0.15, -0.1) is 5.10 Å². The normalized spacial score (nSPS) is 12.5. The van der Waals surface area contributed by atoms with Crippen molar-refractivity contribution in [3.63, 3.8) is 0 Å². The number of ether oxygens (including phenoxy) is 3. The molecule has 11 nitrogen and oxygen atoms in total. The zero-order valence-corrected chi connectivity index (χ0v) is 12.3. The van der Waals surface area contributed by atoms with Crippen molar-refractivity contribution in [1.29, 1.82) is 0 Å². The van der Waals surface area contributed by atoms with Gasteiger partial charge in [-0.1, -0.05) is 10.4 Å². The van der Waals surface area contributed by atoms with Crippen LogP contribution in [-0.4, -0.2) is 65.2 Å². The van der Waals surface area contributed by atoms with Crippen molar-refractivity contribution in [2.75, 3.05) is 21.3 Å². The van der Waals surface area contributed by atoms with Crippen molar-refractivity contribution in [1.82, 2.24) is 15.0 Å². The number of nitrogens with zero attached hydrogens (tertiary/aromatic N) is 4. The van der Waals surface area contributed by atoms with E-state index in [2.05, 4.69) is 29.7 Å². The molecule has 0 saturated heterocycles. The fraction of sp³-hybridized carbons (Fsp3) is 0.455. The van der Waals surface area contributed by atoms with Gasteiger partial charge in [0.15, 0.2) is 11.4 Å². The number of rotatable bonds is 5. The van der Waals surface area contributed by atoms with E-state index in [1.165, 1.54) is 6.92 Å². The third-order valence-electron chi connectivity index (χ3n) is 2.72. The fourth-order valence-corrected chi connectivity index (χ4v) is 1.60. The highest BCUT2D eigenvalue weighted by Gasteiger charge is 2.32. The Morgan fingerprint density at radius 2 is 1.73 bits per heavy atom. The lowest BCUT2D eigenvalue weighted by Crippen LogP contribution is -2.29. The summed E-state index contributed by atoms with van der Waals surface area (Å²) in [5.41, 5.74) is -1.20. The van der Waals surface area contributed by atoms with Gasteiger partial charge in [-0.05, 0) is 6.92 Å². The van der Waals surface area contributed by atoms with Crippen LogP contribution in [0, 0.1) is 0 Å². The van der Waals surface area contributed by atoms with Crippen molar-refractivity contribution in [2.45, 2.75) is 13.0 Å². The maximum Gasteiger partial charge on any atom is 0.361 e. The summed E-state index contributed by atoms with van der Waals surface area (Å²) in [4.78, 5) is 35.0. The minimum atomic E-state index is -1.06. The molecule has 0 aliphatic heterocycles. The van der Waals surface area contributed by atoms with Crippen LogP contribution in [0.1, 0.15) is 33.9 Å². The predicted molar refractivity (Wildman–Crippen MR) is 68.6 cm³/mol. The molecule has 0 bridgehead atoms. The number of hydrogen-bond donors (Lipinski definition) is 1. The lowest BCUT2D eigenvalue weighted by atomic mass is 10.2. The van der Waals surface area contributed by atoms with Gasteiger partial charge < -0.3 is 19.4 Å². The van der Waals surface area contributed by atoms with Crippen LogP contribution in [0.2, 0.25) is 0 Å². The molecule has 0 amide bonds. The summed E-state index contributed by atoms with van der Waals surface area (Å²) in [6.45, 7) is 1.38. The Morgan fingerprint density at radius 1 is 1.14 bits per heavy atom. The van der Waals surface area contributed by atoms with Crippen LogP contribution < -0.4 is 0 Å². The Hall–Kier alpha value is -2.98. The number of hydrogen-bond acceptors (Lipinski definition) is 10. The molecule has 0 spiro atoms. The molecule has 0 aromatic carbocycles. The van der Waals surface area contributed by atoms with Crippen LogP contribution >= 0.6 is 0 Å². The average Bonchev–Trinajstić information content (AvgIpc) is 2.98. The molecule has 0 aliphatic carbocycles. The number of methoxy groups -OCH3 is 3. The quantitative estimate of drug-likeness (QED) is 0.248. The lowest BCUT2D eigenvalue weighted by Gasteiger charge is -2.13. The van der Waals surface area contributed by atoms with Gasteiger partial charge in [0.25, 0.3) is 0 Å². The molecule has 1 N–H and O–H groups in total. The molecular formula is C11H14N4O7. The van der Waals surface area contributed by atoms with Gasteiger partial charge in [0.05, 0.1) is 21.3 Å². The third-order valence-corrected chi connectivity index (χ3v) is 2.72. The van der Waals surface area contributed by atoms with E-state index in [4.69, 9.17) is 5.21 Å². The zero-order chi connectivity index (χ0) is 16.9. The Bertz CT molecular complexity index is 622. The Balaban J connectivity index is 3.41. The molecule has 11 heteroatoms. The largest absolute Gasteiger partial charge is 0.464 e. The van der Waals surface area contributed by atoms with Gasteiger partial charge in [0.2, 0.25) is 5.69 Å². The van der Waals surface area contributed by atoms with Gasteiger partial charge in [-0.25, -0.2) is 19.1 Å². The molecule has 1 aromatic heterocycles. The first-order chi connectivity index (χ1) is 10.4. The molecule has 22 heavy (non-hydrogen) atoms. The second-order valence-corrected chi connectivity index (χ2v) is 3.87. The van der Waals surface area contributed by atoms with E-state index in [0.717, 1.165) is 26.0 Å². The number of oxime groups is 1. The standard InChI is InChI=1S/C11H14N4O7/c1-5(6(13-19)9(16)20-2)15-8(11(18)22-4)7(12-14-15)10(17)21-3/h5,19H,1-4H3. The molecule has 1 rings (SSSR count). The first-order valence-electron chi connectivity index (χ1n) is 5.84. The molecule has 1 atom stereocenters. The number of carbonyl (C=O) groups is 3. The van der Waals surface area contributed by atoms with Crippen molar-refractivity contribution in [2.24, 2.45) is 5.16 Å². The van der Waals surface area contributed by atoms with Crippen LogP contribution in [0.5, 0.6) is 0 Å². The summed E-state index contributed by atoms with van der Waals surface area (Å²) >= 11 is 0. The van der Waals surface area contributed by atoms with E-state index in [9.17, 15) is 14.4 Å². The highest BCUT2D eigenvalue weighted by molar-refractivity contribution is 6.37. The lowest BCUT2D eigenvalue weighted by molar-refractivity contribution is -0.133. The van der Waals surface area contributed by atoms with Gasteiger partial charge in [0, 0.05) is 0 Å². The van der Waals surface area contributed by atoms with Gasteiger partial charge >= 0.3 is 17.9 Å². The van der Waals surface area contributed by atoms with E-state index < -0.39 is 35.4 Å². The van der Waals surface area contributed by atoms with E-state index in [1.807, 2.05) is 0 Å². The summed E-state index contributed by atoms with van der Waals surface area (Å²) < 4.78 is 14.4. The summed E-state index contributed by atoms with van der Waals surface area (Å²) in [6.07, 6.45) is 0. The summed E-state index contributed by atoms with van der Waals surface area (Å²) in [5.74, 6) is -2.79. The molecule has 0 aliphatic rings. The van der Waals surface area contributed by atoms with Crippen LogP contribution in [0.4, 0.5) is 0 Å². The number of aromatic nitrogens is 3. The highest BCUT2D eigenvalue weighted by atomic mass is 16.5. The summed E-state index contributed by atoms with van der Waals surface area (Å²) in [6, 6.07) is -1.06. The van der Waals surface area contributed by atoms with Crippen LogP contribution in [0.25, 0.3) is 0 Å². The van der Waals surface area contributed by atoms with Crippen molar-refractivity contribution in [3.8, 4) is 0 Å². The minimum absolute atomic E-state index is 0.355. The molecule has 0 fully saturated rings. The van der Waals surface area contributed by atoms with E-state index in [0.29, 0.717) is 0 Å². The maximum absolute atomic E-state index is 11.8. The summed E-state index contributed by atoms with van der Waals surface area (Å²) in [7, 11) is 3.27. The first kappa shape index (κ1) is 17.1. The van der Waals surface area contributed by atoms with E-state index in [-0.39, 0.29) is 5.69 Å². The van der Waals surface area contributed by atoms with E-state index >= 15 is 0 Å². The van der Waals surface area contributed by atoms with Crippen molar-refractivity contribution < 1.29 is 33.8 Å². The SMILES string of the molecule is COC(=O)C(=NO)C(C)n1nnc(C(=O)OC)c1C(=O)OC. The predicted octanol–water partition coefficient (Wildman–Crippen LogP) is -0.585. The molecule has 0 radical (unpaired) electrons.